The average Bonchev–Trinajstić information content (AvgIpc) is 2.73. The van der Waals surface area contributed by atoms with Crippen molar-refractivity contribution in [2.24, 2.45) is 0 Å². The first-order chi connectivity index (χ1) is 9.58. The summed E-state index contributed by atoms with van der Waals surface area (Å²) in [6.45, 7) is 4.02. The van der Waals surface area contributed by atoms with Crippen molar-refractivity contribution >= 4 is 16.6 Å². The standard InChI is InChI=1S/C17H16N2O/c1-10-7-8-12(11(2)9-10)16(18)15-13-5-3-4-6-14(13)19-17(15)20/h3-9,18-20H,1-2H3. The number of aromatic nitrogens is 1. The number of fused-ring (bicyclic) bond motifs is 1. The highest BCUT2D eigenvalue weighted by Gasteiger charge is 2.17. The second kappa shape index (κ2) is 4.53. The van der Waals surface area contributed by atoms with Crippen LogP contribution in [0.1, 0.15) is 22.3 Å². The van der Waals surface area contributed by atoms with Gasteiger partial charge in [0, 0.05) is 16.5 Å². The smallest absolute Gasteiger partial charge is 0.199 e. The summed E-state index contributed by atoms with van der Waals surface area (Å²) in [4.78, 5) is 2.92. The van der Waals surface area contributed by atoms with Gasteiger partial charge in [0.05, 0.1) is 11.3 Å². The Morgan fingerprint density at radius 1 is 1.10 bits per heavy atom. The molecule has 1 aromatic heterocycles. The van der Waals surface area contributed by atoms with Crippen LogP contribution in [0.5, 0.6) is 5.88 Å². The number of H-pyrrole nitrogens is 1. The molecule has 0 aliphatic heterocycles. The zero-order chi connectivity index (χ0) is 14.3. The van der Waals surface area contributed by atoms with Crippen molar-refractivity contribution in [3.8, 4) is 5.88 Å². The maximum absolute atomic E-state index is 10.1. The molecule has 0 saturated carbocycles. The molecule has 0 aliphatic carbocycles. The Labute approximate surface area is 117 Å². The minimum absolute atomic E-state index is 0.0520. The van der Waals surface area contributed by atoms with Crippen LogP contribution in [0.15, 0.2) is 42.5 Å². The molecule has 3 nitrogen and oxygen atoms in total. The molecule has 2 aromatic carbocycles. The molecule has 20 heavy (non-hydrogen) atoms. The summed E-state index contributed by atoms with van der Waals surface area (Å²) in [5.74, 6) is 0.0520. The lowest BCUT2D eigenvalue weighted by Gasteiger charge is -2.08. The van der Waals surface area contributed by atoms with Gasteiger partial charge in [-0.1, -0.05) is 42.0 Å². The van der Waals surface area contributed by atoms with E-state index in [2.05, 4.69) is 11.1 Å². The number of benzene rings is 2. The Kier molecular flexibility index (Phi) is 2.83. The molecule has 100 valence electrons. The Hall–Kier alpha value is -2.55. The van der Waals surface area contributed by atoms with Gasteiger partial charge in [0.25, 0.3) is 0 Å². The first kappa shape index (κ1) is 12.5. The highest BCUT2D eigenvalue weighted by Crippen LogP contribution is 2.30. The lowest BCUT2D eigenvalue weighted by atomic mass is 9.96. The van der Waals surface area contributed by atoms with Crippen molar-refractivity contribution in [1.82, 2.24) is 4.98 Å². The van der Waals surface area contributed by atoms with Gasteiger partial charge in [0.2, 0.25) is 0 Å². The topological polar surface area (TPSA) is 59.9 Å². The van der Waals surface area contributed by atoms with Crippen LogP contribution in [0.4, 0.5) is 0 Å². The molecule has 0 unspecified atom stereocenters. The highest BCUT2D eigenvalue weighted by molar-refractivity contribution is 6.20. The van der Waals surface area contributed by atoms with Gasteiger partial charge in [-0.05, 0) is 25.5 Å². The molecular weight excluding hydrogens is 248 g/mol. The lowest BCUT2D eigenvalue weighted by Crippen LogP contribution is -2.03. The van der Waals surface area contributed by atoms with Crippen molar-refractivity contribution < 1.29 is 5.11 Å². The Morgan fingerprint density at radius 3 is 2.60 bits per heavy atom. The van der Waals surface area contributed by atoms with Crippen molar-refractivity contribution in [2.75, 3.05) is 0 Å². The average molecular weight is 264 g/mol. The summed E-state index contributed by atoms with van der Waals surface area (Å²) >= 11 is 0. The summed E-state index contributed by atoms with van der Waals surface area (Å²) in [5.41, 5.74) is 4.80. The van der Waals surface area contributed by atoms with Gasteiger partial charge in [-0.15, -0.1) is 0 Å². The van der Waals surface area contributed by atoms with Crippen molar-refractivity contribution in [1.29, 1.82) is 5.41 Å². The van der Waals surface area contributed by atoms with Crippen LogP contribution < -0.4 is 0 Å². The third-order valence-electron chi connectivity index (χ3n) is 3.59. The van der Waals surface area contributed by atoms with Gasteiger partial charge >= 0.3 is 0 Å². The minimum Gasteiger partial charge on any atom is -0.494 e. The highest BCUT2D eigenvalue weighted by atomic mass is 16.3. The van der Waals surface area contributed by atoms with Crippen LogP contribution in [0.2, 0.25) is 0 Å². The molecule has 0 amide bonds. The first-order valence-corrected chi connectivity index (χ1v) is 6.54. The van der Waals surface area contributed by atoms with Crippen LogP contribution in [-0.4, -0.2) is 15.8 Å². The maximum Gasteiger partial charge on any atom is 0.199 e. The molecular formula is C17H16N2O. The SMILES string of the molecule is Cc1ccc(C(=N)c2c(O)[nH]c3ccccc23)c(C)c1. The van der Waals surface area contributed by atoms with Crippen LogP contribution in [0, 0.1) is 19.3 Å². The van der Waals surface area contributed by atoms with E-state index in [4.69, 9.17) is 5.41 Å². The van der Waals surface area contributed by atoms with Crippen molar-refractivity contribution in [3.05, 3.63) is 64.7 Å². The van der Waals surface area contributed by atoms with E-state index in [0.29, 0.717) is 11.3 Å². The van der Waals surface area contributed by atoms with E-state index in [1.807, 2.05) is 50.2 Å². The zero-order valence-electron chi connectivity index (χ0n) is 11.5. The largest absolute Gasteiger partial charge is 0.494 e. The van der Waals surface area contributed by atoms with Crippen molar-refractivity contribution in [2.45, 2.75) is 13.8 Å². The second-order valence-corrected chi connectivity index (χ2v) is 5.09. The number of rotatable bonds is 2. The van der Waals surface area contributed by atoms with E-state index in [1.165, 1.54) is 5.56 Å². The summed E-state index contributed by atoms with van der Waals surface area (Å²) in [5, 5.41) is 19.4. The molecule has 3 rings (SSSR count). The third-order valence-corrected chi connectivity index (χ3v) is 3.59. The second-order valence-electron chi connectivity index (χ2n) is 5.09. The fraction of sp³-hybridized carbons (Fsp3) is 0.118. The molecule has 3 N–H and O–H groups in total. The number of para-hydroxylation sites is 1. The predicted octanol–water partition coefficient (Wildman–Crippen LogP) is 3.91. The minimum atomic E-state index is 0.0520. The Morgan fingerprint density at radius 2 is 1.85 bits per heavy atom. The number of nitrogens with one attached hydrogen (secondary N) is 2. The van der Waals surface area contributed by atoms with Gasteiger partial charge in [-0.2, -0.15) is 0 Å². The normalized spacial score (nSPS) is 10.9. The van der Waals surface area contributed by atoms with E-state index >= 15 is 0 Å². The summed E-state index contributed by atoms with van der Waals surface area (Å²) < 4.78 is 0. The molecule has 0 aliphatic rings. The zero-order valence-corrected chi connectivity index (χ0v) is 11.5. The molecule has 0 saturated heterocycles. The quantitative estimate of drug-likeness (QED) is 0.604. The van der Waals surface area contributed by atoms with Gasteiger partial charge in [-0.3, -0.25) is 5.41 Å². The van der Waals surface area contributed by atoms with E-state index in [1.54, 1.807) is 0 Å². The lowest BCUT2D eigenvalue weighted by molar-refractivity contribution is 0.457. The molecule has 0 atom stereocenters. The predicted molar refractivity (Wildman–Crippen MR) is 81.8 cm³/mol. The first-order valence-electron chi connectivity index (χ1n) is 6.54. The Bertz CT molecular complexity index is 815. The van der Waals surface area contributed by atoms with Crippen molar-refractivity contribution in [3.63, 3.8) is 0 Å². The van der Waals surface area contributed by atoms with E-state index in [9.17, 15) is 5.11 Å². The number of hydrogen-bond acceptors (Lipinski definition) is 2. The maximum atomic E-state index is 10.1. The van der Waals surface area contributed by atoms with Crippen LogP contribution in [0.25, 0.3) is 10.9 Å². The summed E-state index contributed by atoms with van der Waals surface area (Å²) in [7, 11) is 0. The van der Waals surface area contributed by atoms with Crippen LogP contribution in [0.3, 0.4) is 0 Å². The molecule has 3 aromatic rings. The van der Waals surface area contributed by atoms with Gasteiger partial charge < -0.3 is 10.1 Å². The molecule has 0 fully saturated rings. The number of aromatic amines is 1. The van der Waals surface area contributed by atoms with Crippen LogP contribution in [-0.2, 0) is 0 Å². The van der Waals surface area contributed by atoms with Gasteiger partial charge in [0.15, 0.2) is 5.88 Å². The number of aromatic hydroxyl groups is 1. The van der Waals surface area contributed by atoms with Gasteiger partial charge in [-0.25, -0.2) is 0 Å². The van der Waals surface area contributed by atoms with E-state index in [0.717, 1.165) is 22.0 Å². The fourth-order valence-corrected chi connectivity index (χ4v) is 2.61. The van der Waals surface area contributed by atoms with E-state index in [-0.39, 0.29) is 5.88 Å². The molecule has 0 spiro atoms. The number of hydrogen-bond donors (Lipinski definition) is 3. The number of aryl methyl sites for hydroxylation is 2. The summed E-state index contributed by atoms with van der Waals surface area (Å²) in [6, 6.07) is 13.6. The summed E-state index contributed by atoms with van der Waals surface area (Å²) in [6.07, 6.45) is 0. The molecule has 3 heteroatoms. The monoisotopic (exact) mass is 264 g/mol. The van der Waals surface area contributed by atoms with Crippen LogP contribution >= 0.6 is 0 Å². The molecule has 0 radical (unpaired) electrons. The molecule has 1 heterocycles. The van der Waals surface area contributed by atoms with Gasteiger partial charge in [0.1, 0.15) is 0 Å². The third kappa shape index (κ3) is 1.88. The Balaban J connectivity index is 2.20. The van der Waals surface area contributed by atoms with E-state index < -0.39 is 0 Å². The molecule has 0 bridgehead atoms. The fourth-order valence-electron chi connectivity index (χ4n) is 2.61.